The Labute approximate surface area is 128 Å². The summed E-state index contributed by atoms with van der Waals surface area (Å²) in [6.45, 7) is 6.11. The highest BCUT2D eigenvalue weighted by Gasteiger charge is 2.09. The highest BCUT2D eigenvalue weighted by atomic mass is 16.4. The van der Waals surface area contributed by atoms with Gasteiger partial charge in [-0.1, -0.05) is 17.9 Å². The van der Waals surface area contributed by atoms with Gasteiger partial charge < -0.3 is 9.52 Å². The van der Waals surface area contributed by atoms with E-state index < -0.39 is 5.63 Å². The van der Waals surface area contributed by atoms with Gasteiger partial charge in [0.25, 0.3) is 0 Å². The lowest BCUT2D eigenvalue weighted by Crippen LogP contribution is -2.01. The van der Waals surface area contributed by atoms with E-state index in [9.17, 15) is 9.90 Å². The third kappa shape index (κ3) is 2.68. The fraction of sp³-hybridized carbons (Fsp3) is 0.211. The van der Waals surface area contributed by atoms with Crippen molar-refractivity contribution in [3.05, 3.63) is 52.4 Å². The molecule has 0 spiro atoms. The maximum Gasteiger partial charge on any atom is 0.344 e. The van der Waals surface area contributed by atoms with Crippen LogP contribution in [0, 0.1) is 17.3 Å². The average Bonchev–Trinajstić information content (AvgIpc) is 2.44. The Bertz CT molecular complexity index is 993. The number of phenols is 1. The Balaban J connectivity index is 2.27. The second-order valence-electron chi connectivity index (χ2n) is 6.33. The normalized spacial score (nSPS) is 11.4. The molecule has 3 nitrogen and oxygen atoms in total. The second-order valence-corrected chi connectivity index (χ2v) is 6.33. The number of aromatic hydroxyl groups is 1. The summed E-state index contributed by atoms with van der Waals surface area (Å²) >= 11 is 0. The third-order valence-electron chi connectivity index (χ3n) is 3.28. The Morgan fingerprint density at radius 3 is 2.45 bits per heavy atom. The second kappa shape index (κ2) is 4.92. The quantitative estimate of drug-likeness (QED) is 0.386. The minimum absolute atomic E-state index is 0.0719. The van der Waals surface area contributed by atoms with Crippen LogP contribution in [0.4, 0.5) is 0 Å². The highest BCUT2D eigenvalue weighted by Crippen LogP contribution is 2.26. The van der Waals surface area contributed by atoms with Gasteiger partial charge in [0, 0.05) is 27.8 Å². The van der Waals surface area contributed by atoms with Gasteiger partial charge in [0.05, 0.1) is 5.39 Å². The molecule has 0 radical (unpaired) electrons. The first-order valence-electron chi connectivity index (χ1n) is 7.06. The molecule has 0 atom stereocenters. The van der Waals surface area contributed by atoms with Crippen molar-refractivity contribution in [2.75, 3.05) is 0 Å². The van der Waals surface area contributed by atoms with E-state index >= 15 is 0 Å². The van der Waals surface area contributed by atoms with Crippen LogP contribution in [0.5, 0.6) is 5.75 Å². The fourth-order valence-corrected chi connectivity index (χ4v) is 2.26. The SMILES string of the molecule is CC(C)(C)C#Cc1ccc2c(c1)c(=O)oc1cc(O)ccc12. The monoisotopic (exact) mass is 292 g/mol. The van der Waals surface area contributed by atoms with Gasteiger partial charge in [0.2, 0.25) is 0 Å². The predicted octanol–water partition coefficient (Wildman–Crippen LogP) is 4.05. The number of phenolic OH excluding ortho intramolecular Hbond substituents is 1. The summed E-state index contributed by atoms with van der Waals surface area (Å²) in [4.78, 5) is 12.2. The zero-order valence-electron chi connectivity index (χ0n) is 12.7. The molecule has 110 valence electrons. The van der Waals surface area contributed by atoms with E-state index in [0.29, 0.717) is 11.0 Å². The third-order valence-corrected chi connectivity index (χ3v) is 3.28. The van der Waals surface area contributed by atoms with E-state index in [2.05, 4.69) is 11.8 Å². The summed E-state index contributed by atoms with van der Waals surface area (Å²) in [6, 6.07) is 10.3. The summed E-state index contributed by atoms with van der Waals surface area (Å²) in [5.41, 5.74) is 0.645. The maximum absolute atomic E-state index is 12.2. The number of rotatable bonds is 0. The maximum atomic E-state index is 12.2. The summed E-state index contributed by atoms with van der Waals surface area (Å²) in [5, 5.41) is 11.6. The predicted molar refractivity (Wildman–Crippen MR) is 88.0 cm³/mol. The molecule has 0 aliphatic carbocycles. The van der Waals surface area contributed by atoms with Gasteiger partial charge in [-0.25, -0.2) is 4.79 Å². The smallest absolute Gasteiger partial charge is 0.344 e. The van der Waals surface area contributed by atoms with Gasteiger partial charge in [-0.2, -0.15) is 0 Å². The van der Waals surface area contributed by atoms with E-state index in [1.165, 1.54) is 6.07 Å². The summed E-state index contributed by atoms with van der Waals surface area (Å²) in [5.74, 6) is 6.31. The van der Waals surface area contributed by atoms with Crippen LogP contribution in [0.1, 0.15) is 26.3 Å². The minimum atomic E-state index is -0.424. The van der Waals surface area contributed by atoms with E-state index in [4.69, 9.17) is 4.42 Å². The number of hydrogen-bond donors (Lipinski definition) is 1. The van der Waals surface area contributed by atoms with E-state index in [1.54, 1.807) is 18.2 Å². The van der Waals surface area contributed by atoms with E-state index in [0.717, 1.165) is 16.3 Å². The molecule has 0 aliphatic heterocycles. The molecule has 3 aromatic rings. The van der Waals surface area contributed by atoms with Crippen molar-refractivity contribution in [2.45, 2.75) is 20.8 Å². The van der Waals surface area contributed by atoms with Crippen LogP contribution in [0.2, 0.25) is 0 Å². The van der Waals surface area contributed by atoms with Crippen LogP contribution in [0.25, 0.3) is 21.7 Å². The molecule has 3 rings (SSSR count). The van der Waals surface area contributed by atoms with Crippen molar-refractivity contribution in [2.24, 2.45) is 5.41 Å². The minimum Gasteiger partial charge on any atom is -0.508 e. The lowest BCUT2D eigenvalue weighted by Gasteiger charge is -2.07. The zero-order valence-corrected chi connectivity index (χ0v) is 12.7. The van der Waals surface area contributed by atoms with Gasteiger partial charge in [-0.15, -0.1) is 0 Å². The molecule has 1 heterocycles. The Morgan fingerprint density at radius 1 is 1.00 bits per heavy atom. The largest absolute Gasteiger partial charge is 0.508 e. The van der Waals surface area contributed by atoms with Crippen molar-refractivity contribution in [3.8, 4) is 17.6 Å². The molecule has 1 N–H and O–H groups in total. The van der Waals surface area contributed by atoms with E-state index in [-0.39, 0.29) is 11.2 Å². The molecule has 0 bridgehead atoms. The molecule has 1 aromatic heterocycles. The molecule has 2 aromatic carbocycles. The van der Waals surface area contributed by atoms with Crippen LogP contribution < -0.4 is 5.63 Å². The van der Waals surface area contributed by atoms with Crippen molar-refractivity contribution in [1.82, 2.24) is 0 Å². The van der Waals surface area contributed by atoms with Gasteiger partial charge >= 0.3 is 5.63 Å². The van der Waals surface area contributed by atoms with Crippen LogP contribution in [0.15, 0.2) is 45.6 Å². The van der Waals surface area contributed by atoms with Crippen molar-refractivity contribution < 1.29 is 9.52 Å². The molecule has 0 fully saturated rings. The number of hydrogen-bond acceptors (Lipinski definition) is 3. The first kappa shape index (κ1) is 14.2. The molecule has 0 aliphatic rings. The Hall–Kier alpha value is -2.73. The van der Waals surface area contributed by atoms with Gasteiger partial charge in [0.1, 0.15) is 11.3 Å². The van der Waals surface area contributed by atoms with Crippen molar-refractivity contribution in [1.29, 1.82) is 0 Å². The molecular weight excluding hydrogens is 276 g/mol. The standard InChI is InChI=1S/C19H16O3/c1-19(2,3)9-8-12-4-6-14-15-7-5-13(20)11-17(15)22-18(21)16(14)10-12/h4-7,10-11,20H,1-3H3. The van der Waals surface area contributed by atoms with Crippen molar-refractivity contribution in [3.63, 3.8) is 0 Å². The zero-order chi connectivity index (χ0) is 15.9. The van der Waals surface area contributed by atoms with Gasteiger partial charge in [-0.3, -0.25) is 0 Å². The topological polar surface area (TPSA) is 50.4 Å². The lowest BCUT2D eigenvalue weighted by molar-refractivity contribution is 0.473. The van der Waals surface area contributed by atoms with E-state index in [1.807, 2.05) is 32.9 Å². The number of benzene rings is 2. The fourth-order valence-electron chi connectivity index (χ4n) is 2.26. The highest BCUT2D eigenvalue weighted by molar-refractivity contribution is 6.04. The molecule has 3 heteroatoms. The first-order valence-corrected chi connectivity index (χ1v) is 7.06. The van der Waals surface area contributed by atoms with Crippen LogP contribution in [0.3, 0.4) is 0 Å². The van der Waals surface area contributed by atoms with Gasteiger partial charge in [-0.05, 0) is 45.0 Å². The average molecular weight is 292 g/mol. The van der Waals surface area contributed by atoms with Gasteiger partial charge in [0.15, 0.2) is 0 Å². The summed E-state index contributed by atoms with van der Waals surface area (Å²) in [7, 11) is 0. The molecule has 0 saturated carbocycles. The molecule has 0 saturated heterocycles. The Kier molecular flexibility index (Phi) is 3.18. The Morgan fingerprint density at radius 2 is 1.73 bits per heavy atom. The van der Waals surface area contributed by atoms with Crippen LogP contribution in [-0.2, 0) is 0 Å². The van der Waals surface area contributed by atoms with Crippen molar-refractivity contribution >= 4 is 21.7 Å². The number of fused-ring (bicyclic) bond motifs is 3. The van der Waals surface area contributed by atoms with Crippen LogP contribution >= 0.6 is 0 Å². The summed E-state index contributed by atoms with van der Waals surface area (Å²) < 4.78 is 5.29. The molecule has 0 unspecified atom stereocenters. The molecule has 22 heavy (non-hydrogen) atoms. The molecular formula is C19H16O3. The van der Waals surface area contributed by atoms with Crippen LogP contribution in [-0.4, -0.2) is 5.11 Å². The first-order chi connectivity index (χ1) is 10.3. The summed E-state index contributed by atoms with van der Waals surface area (Å²) in [6.07, 6.45) is 0. The molecule has 0 amide bonds. The lowest BCUT2D eigenvalue weighted by atomic mass is 9.97.